The summed E-state index contributed by atoms with van der Waals surface area (Å²) in [5.41, 5.74) is 1.45. The number of aromatic nitrogens is 2. The van der Waals surface area contributed by atoms with Gasteiger partial charge >= 0.3 is 0 Å². The standard InChI is InChI=1S/C18H20N4O2/c1-13-9-16(11-18(23)21(13)2)24-15-4-7-22(8-5-15)17-10-14(12-19)3-6-20-17/h3,6,9-11,15H,4-5,7-8H2,1-2H3. The van der Waals surface area contributed by atoms with E-state index in [2.05, 4.69) is 16.0 Å². The first-order valence-electron chi connectivity index (χ1n) is 8.02. The molecule has 0 N–H and O–H groups in total. The highest BCUT2D eigenvalue weighted by atomic mass is 16.5. The highest BCUT2D eigenvalue weighted by Crippen LogP contribution is 2.22. The summed E-state index contributed by atoms with van der Waals surface area (Å²) in [6.07, 6.45) is 3.46. The van der Waals surface area contributed by atoms with E-state index in [-0.39, 0.29) is 11.7 Å². The molecule has 0 bridgehead atoms. The van der Waals surface area contributed by atoms with Crippen LogP contribution >= 0.6 is 0 Å². The van der Waals surface area contributed by atoms with Crippen LogP contribution in [0.3, 0.4) is 0 Å². The molecule has 0 saturated carbocycles. The molecule has 1 aliphatic heterocycles. The van der Waals surface area contributed by atoms with Crippen molar-refractivity contribution < 1.29 is 4.74 Å². The van der Waals surface area contributed by atoms with Crippen LogP contribution in [0.25, 0.3) is 0 Å². The van der Waals surface area contributed by atoms with Gasteiger partial charge in [-0.15, -0.1) is 0 Å². The van der Waals surface area contributed by atoms with Crippen LogP contribution in [0.15, 0.2) is 35.3 Å². The molecule has 0 radical (unpaired) electrons. The van der Waals surface area contributed by atoms with Gasteiger partial charge in [-0.3, -0.25) is 4.79 Å². The Bertz CT molecular complexity index is 830. The van der Waals surface area contributed by atoms with E-state index in [1.165, 1.54) is 6.07 Å². The molecule has 3 heterocycles. The van der Waals surface area contributed by atoms with E-state index in [9.17, 15) is 4.79 Å². The number of ether oxygens (including phenoxy) is 1. The lowest BCUT2D eigenvalue weighted by Crippen LogP contribution is -2.38. The van der Waals surface area contributed by atoms with Crippen molar-refractivity contribution in [2.24, 2.45) is 7.05 Å². The van der Waals surface area contributed by atoms with Crippen LogP contribution in [0.2, 0.25) is 0 Å². The Morgan fingerprint density at radius 1 is 1.29 bits per heavy atom. The van der Waals surface area contributed by atoms with Gasteiger partial charge in [-0.2, -0.15) is 5.26 Å². The third-order valence-electron chi connectivity index (χ3n) is 4.42. The van der Waals surface area contributed by atoms with Crippen LogP contribution < -0.4 is 15.2 Å². The monoisotopic (exact) mass is 324 g/mol. The van der Waals surface area contributed by atoms with Crippen molar-refractivity contribution in [1.29, 1.82) is 5.26 Å². The van der Waals surface area contributed by atoms with Crippen molar-refractivity contribution in [3.8, 4) is 11.8 Å². The summed E-state index contributed by atoms with van der Waals surface area (Å²) in [4.78, 5) is 18.3. The topological polar surface area (TPSA) is 71.2 Å². The van der Waals surface area contributed by atoms with Gasteiger partial charge in [-0.05, 0) is 25.1 Å². The molecule has 0 spiro atoms. The Labute approximate surface area is 140 Å². The van der Waals surface area contributed by atoms with Crippen molar-refractivity contribution in [1.82, 2.24) is 9.55 Å². The fourth-order valence-corrected chi connectivity index (χ4v) is 2.86. The first kappa shape index (κ1) is 16.1. The lowest BCUT2D eigenvalue weighted by molar-refractivity contribution is 0.170. The number of aryl methyl sites for hydroxylation is 1. The zero-order valence-corrected chi connectivity index (χ0v) is 13.9. The van der Waals surface area contributed by atoms with Gasteiger partial charge in [0.15, 0.2) is 0 Å². The maximum absolute atomic E-state index is 11.8. The van der Waals surface area contributed by atoms with Crippen LogP contribution in [-0.2, 0) is 7.05 Å². The molecule has 0 unspecified atom stereocenters. The molecule has 0 amide bonds. The largest absolute Gasteiger partial charge is 0.490 e. The van der Waals surface area contributed by atoms with Gasteiger partial charge in [-0.1, -0.05) is 0 Å². The van der Waals surface area contributed by atoms with Crippen molar-refractivity contribution >= 4 is 5.82 Å². The maximum atomic E-state index is 11.8. The van der Waals surface area contributed by atoms with Gasteiger partial charge in [-0.25, -0.2) is 4.98 Å². The quantitative estimate of drug-likeness (QED) is 0.863. The Balaban J connectivity index is 1.63. The Morgan fingerprint density at radius 2 is 2.04 bits per heavy atom. The van der Waals surface area contributed by atoms with Crippen molar-refractivity contribution in [2.75, 3.05) is 18.0 Å². The van der Waals surface area contributed by atoms with Crippen LogP contribution in [0.4, 0.5) is 5.82 Å². The summed E-state index contributed by atoms with van der Waals surface area (Å²) in [5, 5.41) is 8.99. The zero-order valence-electron chi connectivity index (χ0n) is 13.9. The third kappa shape index (κ3) is 3.40. The maximum Gasteiger partial charge on any atom is 0.254 e. The van der Waals surface area contributed by atoms with Crippen LogP contribution in [0.1, 0.15) is 24.1 Å². The molecular formula is C18H20N4O2. The van der Waals surface area contributed by atoms with E-state index < -0.39 is 0 Å². The van der Waals surface area contributed by atoms with Gasteiger partial charge in [0.1, 0.15) is 17.7 Å². The highest BCUT2D eigenvalue weighted by molar-refractivity contribution is 5.45. The van der Waals surface area contributed by atoms with E-state index in [1.807, 2.05) is 19.1 Å². The van der Waals surface area contributed by atoms with Gasteiger partial charge in [0, 0.05) is 50.9 Å². The number of rotatable bonds is 3. The molecule has 2 aromatic rings. The summed E-state index contributed by atoms with van der Waals surface area (Å²) in [7, 11) is 1.75. The first-order valence-corrected chi connectivity index (χ1v) is 8.02. The Hall–Kier alpha value is -2.81. The molecule has 3 rings (SSSR count). The normalized spacial score (nSPS) is 15.1. The van der Waals surface area contributed by atoms with E-state index >= 15 is 0 Å². The SMILES string of the molecule is Cc1cc(OC2CCN(c3cc(C#N)ccn3)CC2)cc(=O)n1C. The van der Waals surface area contributed by atoms with E-state index in [0.717, 1.165) is 37.4 Å². The smallest absolute Gasteiger partial charge is 0.254 e. The molecule has 124 valence electrons. The molecule has 6 heteroatoms. The average molecular weight is 324 g/mol. The summed E-state index contributed by atoms with van der Waals surface area (Å²) >= 11 is 0. The fraction of sp³-hybridized carbons (Fsp3) is 0.389. The number of hydrogen-bond donors (Lipinski definition) is 0. The molecule has 1 saturated heterocycles. The number of anilines is 1. The second-order valence-corrected chi connectivity index (χ2v) is 6.05. The predicted octanol–water partition coefficient (Wildman–Crippen LogP) is 2.01. The summed E-state index contributed by atoms with van der Waals surface area (Å²) in [6.45, 7) is 3.53. The van der Waals surface area contributed by atoms with E-state index in [4.69, 9.17) is 10.00 Å². The zero-order chi connectivity index (χ0) is 17.1. The number of pyridine rings is 2. The molecule has 1 fully saturated rings. The summed E-state index contributed by atoms with van der Waals surface area (Å²) < 4.78 is 7.59. The van der Waals surface area contributed by atoms with Gasteiger partial charge in [0.2, 0.25) is 0 Å². The molecule has 2 aromatic heterocycles. The Kier molecular flexibility index (Phi) is 4.52. The van der Waals surface area contributed by atoms with E-state index in [1.54, 1.807) is 23.9 Å². The molecule has 0 atom stereocenters. The van der Waals surface area contributed by atoms with Gasteiger partial charge in [0.05, 0.1) is 11.6 Å². The highest BCUT2D eigenvalue weighted by Gasteiger charge is 2.22. The second-order valence-electron chi connectivity index (χ2n) is 6.05. The van der Waals surface area contributed by atoms with Crippen LogP contribution in [0.5, 0.6) is 5.75 Å². The van der Waals surface area contributed by atoms with E-state index in [0.29, 0.717) is 11.3 Å². The lowest BCUT2D eigenvalue weighted by Gasteiger charge is -2.33. The molecular weight excluding hydrogens is 304 g/mol. The minimum Gasteiger partial charge on any atom is -0.490 e. The third-order valence-corrected chi connectivity index (χ3v) is 4.42. The summed E-state index contributed by atoms with van der Waals surface area (Å²) in [6, 6.07) is 9.09. The minimum absolute atomic E-state index is 0.0556. The second kappa shape index (κ2) is 6.75. The number of nitrogens with zero attached hydrogens (tertiary/aromatic N) is 4. The molecule has 6 nitrogen and oxygen atoms in total. The van der Waals surface area contributed by atoms with Crippen LogP contribution in [-0.4, -0.2) is 28.7 Å². The van der Waals surface area contributed by atoms with Gasteiger partial charge in [0.25, 0.3) is 5.56 Å². The minimum atomic E-state index is -0.0556. The molecule has 1 aliphatic rings. The van der Waals surface area contributed by atoms with Crippen molar-refractivity contribution in [3.05, 3.63) is 52.1 Å². The number of hydrogen-bond acceptors (Lipinski definition) is 5. The molecule has 24 heavy (non-hydrogen) atoms. The average Bonchev–Trinajstić information content (AvgIpc) is 2.60. The Morgan fingerprint density at radius 3 is 2.71 bits per heavy atom. The fourth-order valence-electron chi connectivity index (χ4n) is 2.86. The van der Waals surface area contributed by atoms with Crippen molar-refractivity contribution in [3.63, 3.8) is 0 Å². The number of piperidine rings is 1. The first-order chi connectivity index (χ1) is 11.6. The molecule has 0 aromatic carbocycles. The predicted molar refractivity (Wildman–Crippen MR) is 91.2 cm³/mol. The van der Waals surface area contributed by atoms with Crippen molar-refractivity contribution in [2.45, 2.75) is 25.9 Å². The molecule has 0 aliphatic carbocycles. The van der Waals surface area contributed by atoms with Gasteiger partial charge < -0.3 is 14.2 Å². The lowest BCUT2D eigenvalue weighted by atomic mass is 10.1. The van der Waals surface area contributed by atoms with Crippen LogP contribution in [0, 0.1) is 18.3 Å². The number of nitriles is 1. The summed E-state index contributed by atoms with van der Waals surface area (Å²) in [5.74, 6) is 1.47.